The molecule has 0 saturated carbocycles. The molecule has 0 atom stereocenters. The zero-order valence-corrected chi connectivity index (χ0v) is 13.5. The maximum Gasteiger partial charge on any atom is 0.360 e. The van der Waals surface area contributed by atoms with Crippen LogP contribution in [0, 0.1) is 6.92 Å². The fraction of sp³-hybridized carbons (Fsp3) is 0.375. The molecule has 0 aliphatic rings. The average Bonchev–Trinajstić information content (AvgIpc) is 2.97. The quantitative estimate of drug-likeness (QED) is 0.760. The fourth-order valence-electron chi connectivity index (χ4n) is 2.20. The van der Waals surface area contributed by atoms with E-state index < -0.39 is 5.97 Å². The van der Waals surface area contributed by atoms with Crippen molar-refractivity contribution in [3.05, 3.63) is 41.7 Å². The van der Waals surface area contributed by atoms with Crippen LogP contribution in [0.4, 0.5) is 5.69 Å². The number of nitrogens with zero attached hydrogens (tertiary/aromatic N) is 4. The highest BCUT2D eigenvalue weighted by Gasteiger charge is 2.17. The van der Waals surface area contributed by atoms with Crippen LogP contribution in [-0.2, 0) is 16.1 Å². The summed E-state index contributed by atoms with van der Waals surface area (Å²) in [5, 5.41) is 7.53. The number of aryl methyl sites for hydroxylation is 1. The summed E-state index contributed by atoms with van der Waals surface area (Å²) >= 11 is 0. The van der Waals surface area contributed by atoms with Gasteiger partial charge in [0.25, 0.3) is 0 Å². The minimum absolute atomic E-state index is 0.00812. The third-order valence-corrected chi connectivity index (χ3v) is 3.25. The molecule has 122 valence electrons. The van der Waals surface area contributed by atoms with Gasteiger partial charge in [0.1, 0.15) is 6.54 Å². The van der Waals surface area contributed by atoms with Gasteiger partial charge < -0.3 is 9.64 Å². The predicted octanol–water partition coefficient (Wildman–Crippen LogP) is 1.82. The van der Waals surface area contributed by atoms with Crippen LogP contribution in [-0.4, -0.2) is 40.0 Å². The van der Waals surface area contributed by atoms with Crippen molar-refractivity contribution in [3.8, 4) is 0 Å². The third kappa shape index (κ3) is 4.15. The molecule has 0 unspecified atom stereocenters. The Morgan fingerprint density at radius 1 is 1.30 bits per heavy atom. The van der Waals surface area contributed by atoms with Crippen molar-refractivity contribution in [1.29, 1.82) is 0 Å². The molecule has 0 spiro atoms. The summed E-state index contributed by atoms with van der Waals surface area (Å²) in [7, 11) is 0. The van der Waals surface area contributed by atoms with E-state index in [9.17, 15) is 9.59 Å². The van der Waals surface area contributed by atoms with Crippen LogP contribution in [0.25, 0.3) is 0 Å². The molecule has 0 aliphatic heterocycles. The fourth-order valence-corrected chi connectivity index (χ4v) is 2.20. The molecule has 7 nitrogen and oxygen atoms in total. The van der Waals surface area contributed by atoms with Crippen LogP contribution in [0.3, 0.4) is 0 Å². The van der Waals surface area contributed by atoms with Gasteiger partial charge in [-0.25, -0.2) is 9.48 Å². The van der Waals surface area contributed by atoms with Crippen LogP contribution in [0.5, 0.6) is 0 Å². The van der Waals surface area contributed by atoms with E-state index >= 15 is 0 Å². The predicted molar refractivity (Wildman–Crippen MR) is 85.2 cm³/mol. The molecule has 0 fully saturated rings. The standard InChI is InChI=1S/C16H20N4O3/c1-4-20(13-8-6-7-12(3)9-13)15(21)11-19-10-14(17-18-19)16(22)23-5-2/h6-10H,4-5,11H2,1-3H3. The molecular weight excluding hydrogens is 296 g/mol. The van der Waals surface area contributed by atoms with E-state index in [4.69, 9.17) is 4.74 Å². The van der Waals surface area contributed by atoms with Crippen molar-refractivity contribution in [2.24, 2.45) is 0 Å². The lowest BCUT2D eigenvalue weighted by Crippen LogP contribution is -2.33. The number of carbonyl (C=O) groups excluding carboxylic acids is 2. The van der Waals surface area contributed by atoms with E-state index in [1.165, 1.54) is 10.9 Å². The van der Waals surface area contributed by atoms with Crippen LogP contribution in [0.1, 0.15) is 29.9 Å². The minimum Gasteiger partial charge on any atom is -0.461 e. The number of hydrogen-bond acceptors (Lipinski definition) is 5. The number of amides is 1. The maximum atomic E-state index is 12.5. The van der Waals surface area contributed by atoms with Crippen LogP contribution >= 0.6 is 0 Å². The van der Waals surface area contributed by atoms with E-state index in [1.54, 1.807) is 11.8 Å². The Kier molecular flexibility index (Phi) is 5.46. The van der Waals surface area contributed by atoms with Gasteiger partial charge in [-0.3, -0.25) is 4.79 Å². The second kappa shape index (κ2) is 7.53. The maximum absolute atomic E-state index is 12.5. The van der Waals surface area contributed by atoms with Gasteiger partial charge in [-0.05, 0) is 38.5 Å². The Bertz CT molecular complexity index is 696. The smallest absolute Gasteiger partial charge is 0.360 e. The van der Waals surface area contributed by atoms with E-state index in [0.717, 1.165) is 11.3 Å². The number of aromatic nitrogens is 3. The van der Waals surface area contributed by atoms with E-state index in [-0.39, 0.29) is 24.8 Å². The first-order chi connectivity index (χ1) is 11.0. The molecule has 7 heteroatoms. The molecule has 0 aliphatic carbocycles. The number of rotatable bonds is 6. The van der Waals surface area contributed by atoms with Gasteiger partial charge in [-0.1, -0.05) is 17.3 Å². The van der Waals surface area contributed by atoms with Crippen LogP contribution in [0.2, 0.25) is 0 Å². The summed E-state index contributed by atoms with van der Waals surface area (Å²) in [5.74, 6) is -0.671. The molecule has 1 aromatic heterocycles. The number of benzene rings is 1. The molecule has 2 rings (SSSR count). The van der Waals surface area contributed by atoms with Crippen molar-refractivity contribution < 1.29 is 14.3 Å². The molecule has 2 aromatic rings. The Balaban J connectivity index is 2.09. The minimum atomic E-state index is -0.544. The lowest BCUT2D eigenvalue weighted by molar-refractivity contribution is -0.119. The Hall–Kier alpha value is -2.70. The molecule has 0 bridgehead atoms. The zero-order valence-electron chi connectivity index (χ0n) is 13.5. The van der Waals surface area contributed by atoms with E-state index in [1.807, 2.05) is 38.1 Å². The molecule has 1 heterocycles. The van der Waals surface area contributed by atoms with Gasteiger partial charge >= 0.3 is 5.97 Å². The second-order valence-corrected chi connectivity index (χ2v) is 5.00. The number of esters is 1. The molecular formula is C16H20N4O3. The summed E-state index contributed by atoms with van der Waals surface area (Å²) in [6.45, 7) is 6.42. The van der Waals surface area contributed by atoms with Crippen LogP contribution < -0.4 is 4.90 Å². The Morgan fingerprint density at radius 2 is 2.09 bits per heavy atom. The second-order valence-electron chi connectivity index (χ2n) is 5.00. The van der Waals surface area contributed by atoms with E-state index in [0.29, 0.717) is 6.54 Å². The van der Waals surface area contributed by atoms with Gasteiger partial charge in [0.05, 0.1) is 12.8 Å². The van der Waals surface area contributed by atoms with Crippen molar-refractivity contribution in [2.75, 3.05) is 18.1 Å². The summed E-state index contributed by atoms with van der Waals surface area (Å²) in [6.07, 6.45) is 1.42. The van der Waals surface area contributed by atoms with Gasteiger partial charge in [0, 0.05) is 12.2 Å². The lowest BCUT2D eigenvalue weighted by atomic mass is 10.2. The highest BCUT2D eigenvalue weighted by molar-refractivity contribution is 5.93. The topological polar surface area (TPSA) is 77.3 Å². The Labute approximate surface area is 134 Å². The monoisotopic (exact) mass is 316 g/mol. The zero-order chi connectivity index (χ0) is 16.8. The van der Waals surface area contributed by atoms with Gasteiger partial charge in [-0.2, -0.15) is 0 Å². The molecule has 0 N–H and O–H groups in total. The molecule has 23 heavy (non-hydrogen) atoms. The molecule has 1 aromatic carbocycles. The summed E-state index contributed by atoms with van der Waals surface area (Å²) in [6, 6.07) is 7.73. The Morgan fingerprint density at radius 3 is 2.74 bits per heavy atom. The number of ether oxygens (including phenoxy) is 1. The first kappa shape index (κ1) is 16.7. The first-order valence-corrected chi connectivity index (χ1v) is 7.49. The van der Waals surface area contributed by atoms with E-state index in [2.05, 4.69) is 10.3 Å². The van der Waals surface area contributed by atoms with Gasteiger partial charge in [0.15, 0.2) is 5.69 Å². The van der Waals surface area contributed by atoms with Crippen molar-refractivity contribution in [2.45, 2.75) is 27.3 Å². The normalized spacial score (nSPS) is 10.4. The van der Waals surface area contributed by atoms with Gasteiger partial charge in [0.2, 0.25) is 5.91 Å². The van der Waals surface area contributed by atoms with Gasteiger partial charge in [-0.15, -0.1) is 5.10 Å². The highest BCUT2D eigenvalue weighted by Crippen LogP contribution is 2.16. The molecule has 0 saturated heterocycles. The molecule has 1 amide bonds. The number of likely N-dealkylation sites (N-methyl/N-ethyl adjacent to an activating group) is 1. The highest BCUT2D eigenvalue weighted by atomic mass is 16.5. The number of carbonyl (C=O) groups is 2. The first-order valence-electron chi connectivity index (χ1n) is 7.49. The summed E-state index contributed by atoms with van der Waals surface area (Å²) < 4.78 is 6.19. The lowest BCUT2D eigenvalue weighted by Gasteiger charge is -2.21. The third-order valence-electron chi connectivity index (χ3n) is 3.25. The number of hydrogen-bond donors (Lipinski definition) is 0. The largest absolute Gasteiger partial charge is 0.461 e. The number of anilines is 1. The van der Waals surface area contributed by atoms with Crippen molar-refractivity contribution in [1.82, 2.24) is 15.0 Å². The summed E-state index contributed by atoms with van der Waals surface area (Å²) in [5.41, 5.74) is 2.01. The average molecular weight is 316 g/mol. The molecule has 0 radical (unpaired) electrons. The van der Waals surface area contributed by atoms with Crippen molar-refractivity contribution in [3.63, 3.8) is 0 Å². The summed E-state index contributed by atoms with van der Waals surface area (Å²) in [4.78, 5) is 25.7. The SMILES string of the molecule is CCOC(=O)c1cn(CC(=O)N(CC)c2cccc(C)c2)nn1. The van der Waals surface area contributed by atoms with Crippen LogP contribution in [0.15, 0.2) is 30.5 Å². The van der Waals surface area contributed by atoms with Crippen molar-refractivity contribution >= 4 is 17.6 Å².